The van der Waals surface area contributed by atoms with E-state index in [0.717, 1.165) is 10.8 Å². The molecule has 5 bridgehead atoms. The van der Waals surface area contributed by atoms with Gasteiger partial charge in [0.05, 0.1) is 0 Å². The van der Waals surface area contributed by atoms with E-state index in [-0.39, 0.29) is 0 Å². The average molecular weight is 198 g/mol. The second-order valence-electron chi connectivity index (χ2n) is 8.35. The Morgan fingerprint density at radius 2 is 1.60 bits per heavy atom. The maximum absolute atomic E-state index is 1.72. The second-order valence-corrected chi connectivity index (χ2v) is 8.35. The van der Waals surface area contributed by atoms with Gasteiger partial charge in [0.1, 0.15) is 0 Å². The molecule has 10 unspecified atom stereocenters. The molecule has 0 amide bonds. The number of rotatable bonds is 0. The highest BCUT2D eigenvalue weighted by Gasteiger charge is 2.92. The molecule has 7 aliphatic carbocycles. The normalized spacial score (nSPS) is 91.2. The van der Waals surface area contributed by atoms with Crippen LogP contribution in [0.5, 0.6) is 0 Å². The Kier molecular flexibility index (Phi) is 0.626. The van der Waals surface area contributed by atoms with Gasteiger partial charge in [0.15, 0.2) is 0 Å². The minimum absolute atomic E-state index is 0.969. The maximum Gasteiger partial charge on any atom is -0.0150 e. The summed E-state index contributed by atoms with van der Waals surface area (Å²) < 4.78 is 0. The molecule has 0 saturated heterocycles. The van der Waals surface area contributed by atoms with Crippen LogP contribution in [0.2, 0.25) is 0 Å². The van der Waals surface area contributed by atoms with E-state index in [1.54, 1.807) is 32.1 Å². The SMILES string of the molecule is C1C2C3C4CC56CC4C3C3CC1C35C2C6. The van der Waals surface area contributed by atoms with Crippen LogP contribution in [0.15, 0.2) is 0 Å². The van der Waals surface area contributed by atoms with Gasteiger partial charge in [0, 0.05) is 0 Å². The highest BCUT2D eigenvalue weighted by Crippen LogP contribution is 2.98. The second kappa shape index (κ2) is 1.41. The minimum atomic E-state index is 0.969. The highest BCUT2D eigenvalue weighted by molar-refractivity contribution is 5.40. The third kappa shape index (κ3) is 0.331. The molecule has 0 aliphatic heterocycles. The van der Waals surface area contributed by atoms with E-state index in [1.807, 2.05) is 0 Å². The molecule has 7 rings (SSSR count). The molecule has 0 aromatic heterocycles. The van der Waals surface area contributed by atoms with Crippen molar-refractivity contribution < 1.29 is 0 Å². The van der Waals surface area contributed by atoms with Gasteiger partial charge in [-0.15, -0.1) is 0 Å². The van der Waals surface area contributed by atoms with Gasteiger partial charge >= 0.3 is 0 Å². The van der Waals surface area contributed by atoms with E-state index in [0.29, 0.717) is 0 Å². The lowest BCUT2D eigenvalue weighted by atomic mass is 9.24. The van der Waals surface area contributed by atoms with Crippen LogP contribution in [0, 0.1) is 58.2 Å². The Balaban J connectivity index is 1.70. The summed E-state index contributed by atoms with van der Waals surface area (Å²) in [7, 11) is 0. The Labute approximate surface area is 90.8 Å². The van der Waals surface area contributed by atoms with E-state index >= 15 is 0 Å². The fourth-order valence-electron chi connectivity index (χ4n) is 9.71. The van der Waals surface area contributed by atoms with Crippen molar-refractivity contribution in [3.63, 3.8) is 0 Å². The summed E-state index contributed by atoms with van der Waals surface area (Å²) in [6.45, 7) is 0. The molecule has 15 heavy (non-hydrogen) atoms. The summed E-state index contributed by atoms with van der Waals surface area (Å²) in [5, 5.41) is 0. The highest BCUT2D eigenvalue weighted by atomic mass is 15.0. The molecule has 0 heterocycles. The van der Waals surface area contributed by atoms with Gasteiger partial charge in [0.25, 0.3) is 0 Å². The molecule has 78 valence electrons. The predicted octanol–water partition coefficient (Wildman–Crippen LogP) is 2.93. The van der Waals surface area contributed by atoms with Gasteiger partial charge in [-0.2, -0.15) is 0 Å². The van der Waals surface area contributed by atoms with Crippen LogP contribution < -0.4 is 0 Å². The van der Waals surface area contributed by atoms with Crippen molar-refractivity contribution in [2.24, 2.45) is 58.2 Å². The molecule has 10 atom stereocenters. The van der Waals surface area contributed by atoms with Gasteiger partial charge in [-0.1, -0.05) is 0 Å². The van der Waals surface area contributed by atoms with E-state index in [4.69, 9.17) is 0 Å². The van der Waals surface area contributed by atoms with Gasteiger partial charge < -0.3 is 0 Å². The lowest BCUT2D eigenvalue weighted by Crippen LogP contribution is -2.75. The Bertz CT molecular complexity index is 435. The van der Waals surface area contributed by atoms with Crippen LogP contribution in [0.1, 0.15) is 32.1 Å². The molecule has 0 aromatic carbocycles. The first kappa shape index (κ1) is 6.67. The summed E-state index contributed by atoms with van der Waals surface area (Å²) >= 11 is 0. The standard InChI is InChI=1S/C15H18/c1-6-2-10-13-9-4-14-3-8(9)12(13)7(1)11(5-14)15(6,10)14/h6-13H,1-5H2. The molecule has 0 nitrogen and oxygen atoms in total. The van der Waals surface area contributed by atoms with Crippen molar-refractivity contribution >= 4 is 0 Å². The van der Waals surface area contributed by atoms with Crippen molar-refractivity contribution in [3.8, 4) is 0 Å². The smallest absolute Gasteiger partial charge is 0.0150 e. The largest absolute Gasteiger partial charge is 0.0464 e. The molecule has 7 saturated carbocycles. The molecule has 0 heteroatoms. The van der Waals surface area contributed by atoms with Crippen molar-refractivity contribution in [1.82, 2.24) is 0 Å². The number of fused-ring (bicyclic) bond motifs is 2. The van der Waals surface area contributed by atoms with Crippen molar-refractivity contribution in [1.29, 1.82) is 0 Å². The van der Waals surface area contributed by atoms with Crippen LogP contribution in [-0.4, -0.2) is 0 Å². The van der Waals surface area contributed by atoms with Crippen LogP contribution in [0.4, 0.5) is 0 Å². The van der Waals surface area contributed by atoms with Crippen LogP contribution in [-0.2, 0) is 0 Å². The van der Waals surface area contributed by atoms with Gasteiger partial charge in [0.2, 0.25) is 0 Å². The van der Waals surface area contributed by atoms with Crippen molar-refractivity contribution in [2.75, 3.05) is 0 Å². The van der Waals surface area contributed by atoms with E-state index in [1.165, 1.54) is 47.3 Å². The number of hydrogen-bond donors (Lipinski definition) is 0. The van der Waals surface area contributed by atoms with Gasteiger partial charge in [-0.05, 0) is 90.3 Å². The topological polar surface area (TPSA) is 0 Å². The molecule has 2 spiro atoms. The Morgan fingerprint density at radius 3 is 2.53 bits per heavy atom. The Hall–Kier alpha value is 0. The number of hydrogen-bond acceptors (Lipinski definition) is 0. The lowest BCUT2D eigenvalue weighted by molar-refractivity contribution is -0.330. The fourth-order valence-corrected chi connectivity index (χ4v) is 9.71. The molecular weight excluding hydrogens is 180 g/mol. The zero-order valence-electron chi connectivity index (χ0n) is 9.15. The lowest BCUT2D eigenvalue weighted by Gasteiger charge is -2.80. The van der Waals surface area contributed by atoms with Gasteiger partial charge in [-0.3, -0.25) is 0 Å². The molecule has 7 aliphatic rings. The molecule has 0 radical (unpaired) electrons. The quantitative estimate of drug-likeness (QED) is 0.561. The summed E-state index contributed by atoms with van der Waals surface area (Å²) in [6, 6.07) is 0. The van der Waals surface area contributed by atoms with Crippen molar-refractivity contribution in [3.05, 3.63) is 0 Å². The minimum Gasteiger partial charge on any atom is -0.0464 e. The Morgan fingerprint density at radius 1 is 0.733 bits per heavy atom. The van der Waals surface area contributed by atoms with E-state index < -0.39 is 0 Å². The van der Waals surface area contributed by atoms with Crippen molar-refractivity contribution in [2.45, 2.75) is 32.1 Å². The zero-order valence-corrected chi connectivity index (χ0v) is 9.15. The average Bonchev–Trinajstić information content (AvgIpc) is 2.32. The zero-order chi connectivity index (χ0) is 9.15. The molecular formula is C15H18. The van der Waals surface area contributed by atoms with Crippen LogP contribution >= 0.6 is 0 Å². The van der Waals surface area contributed by atoms with E-state index in [9.17, 15) is 0 Å². The monoisotopic (exact) mass is 198 g/mol. The molecule has 7 fully saturated rings. The molecule has 0 N–H and O–H groups in total. The first-order valence-electron chi connectivity index (χ1n) is 7.37. The summed E-state index contributed by atoms with van der Waals surface area (Å²) in [5.74, 6) is 10.1. The third-order valence-electron chi connectivity index (χ3n) is 9.24. The maximum atomic E-state index is 1.72. The van der Waals surface area contributed by atoms with Gasteiger partial charge in [-0.25, -0.2) is 0 Å². The fraction of sp³-hybridized carbons (Fsp3) is 1.00. The summed E-state index contributed by atoms with van der Waals surface area (Å²) in [6.07, 6.45) is 8.54. The summed E-state index contributed by atoms with van der Waals surface area (Å²) in [4.78, 5) is 0. The van der Waals surface area contributed by atoms with E-state index in [2.05, 4.69) is 0 Å². The third-order valence-corrected chi connectivity index (χ3v) is 9.24. The first-order chi connectivity index (χ1) is 7.37. The molecule has 0 aromatic rings. The van der Waals surface area contributed by atoms with Crippen LogP contribution in [0.3, 0.4) is 0 Å². The van der Waals surface area contributed by atoms with Crippen LogP contribution in [0.25, 0.3) is 0 Å². The first-order valence-corrected chi connectivity index (χ1v) is 7.37. The predicted molar refractivity (Wildman–Crippen MR) is 55.9 cm³/mol. The summed E-state index contributed by atoms with van der Waals surface area (Å²) in [5.41, 5.74) is 1.98.